The van der Waals surface area contributed by atoms with Crippen LogP contribution in [0.5, 0.6) is 0 Å². The zero-order valence-electron chi connectivity index (χ0n) is 7.38. The fourth-order valence-electron chi connectivity index (χ4n) is 1.48. The molecule has 0 amide bonds. The summed E-state index contributed by atoms with van der Waals surface area (Å²) >= 11 is 0. The molecule has 1 aliphatic rings. The van der Waals surface area contributed by atoms with E-state index < -0.39 is 0 Å². The van der Waals surface area contributed by atoms with Gasteiger partial charge >= 0.3 is 0 Å². The maximum atomic E-state index is 5.66. The van der Waals surface area contributed by atoms with Gasteiger partial charge in [-0.2, -0.15) is 0 Å². The molecule has 0 bridgehead atoms. The van der Waals surface area contributed by atoms with Gasteiger partial charge in [-0.1, -0.05) is 13.2 Å². The van der Waals surface area contributed by atoms with Crippen LogP contribution in [0.4, 0.5) is 0 Å². The van der Waals surface area contributed by atoms with Crippen LogP contribution in [0.2, 0.25) is 6.32 Å². The molecule has 0 N–H and O–H groups in total. The van der Waals surface area contributed by atoms with Gasteiger partial charge in [0.25, 0.3) is 0 Å². The standard InChI is InChI=1S/C8H16BO2/c1-3-9-8-5-4-7(11-8)6-10-2/h7-8H,3-6H2,1-2H3. The summed E-state index contributed by atoms with van der Waals surface area (Å²) in [5.41, 5.74) is 0. The van der Waals surface area contributed by atoms with Crippen LogP contribution in [0.25, 0.3) is 0 Å². The maximum Gasteiger partial charge on any atom is 0.149 e. The van der Waals surface area contributed by atoms with E-state index in [9.17, 15) is 0 Å². The SMILES string of the molecule is CC[B]C1CCC(COC)O1. The monoisotopic (exact) mass is 155 g/mol. The molecule has 0 aliphatic carbocycles. The van der Waals surface area contributed by atoms with Gasteiger partial charge in [-0.25, -0.2) is 0 Å². The zero-order chi connectivity index (χ0) is 8.10. The first-order chi connectivity index (χ1) is 5.36. The van der Waals surface area contributed by atoms with E-state index in [4.69, 9.17) is 9.47 Å². The summed E-state index contributed by atoms with van der Waals surface area (Å²) in [5, 5.41) is 0. The number of hydrogen-bond donors (Lipinski definition) is 0. The largest absolute Gasteiger partial charge is 0.382 e. The van der Waals surface area contributed by atoms with Crippen LogP contribution in [0.1, 0.15) is 19.8 Å². The van der Waals surface area contributed by atoms with Crippen LogP contribution < -0.4 is 0 Å². The molecule has 1 rings (SSSR count). The maximum absolute atomic E-state index is 5.66. The molecule has 0 aromatic rings. The Morgan fingerprint density at radius 3 is 3.00 bits per heavy atom. The Kier molecular flexibility index (Phi) is 3.94. The highest BCUT2D eigenvalue weighted by molar-refractivity contribution is 6.37. The smallest absolute Gasteiger partial charge is 0.149 e. The molecule has 0 aromatic carbocycles. The normalized spacial score (nSPS) is 30.7. The van der Waals surface area contributed by atoms with Gasteiger partial charge in [0, 0.05) is 13.1 Å². The Labute approximate surface area is 69.5 Å². The van der Waals surface area contributed by atoms with Gasteiger partial charge in [-0.3, -0.25) is 0 Å². The van der Waals surface area contributed by atoms with Crippen LogP contribution in [0, 0.1) is 0 Å². The second kappa shape index (κ2) is 4.78. The van der Waals surface area contributed by atoms with E-state index in [1.54, 1.807) is 7.11 Å². The van der Waals surface area contributed by atoms with Gasteiger partial charge < -0.3 is 9.47 Å². The lowest BCUT2D eigenvalue weighted by atomic mass is 9.68. The molecular formula is C8H16BO2. The fourth-order valence-corrected chi connectivity index (χ4v) is 1.48. The lowest BCUT2D eigenvalue weighted by molar-refractivity contribution is 0.0240. The minimum atomic E-state index is 0.341. The molecule has 1 fully saturated rings. The van der Waals surface area contributed by atoms with Crippen molar-refractivity contribution in [3.05, 3.63) is 0 Å². The summed E-state index contributed by atoms with van der Waals surface area (Å²) in [7, 11) is 3.95. The second-order valence-corrected chi connectivity index (χ2v) is 2.97. The van der Waals surface area contributed by atoms with Gasteiger partial charge in [0.1, 0.15) is 7.28 Å². The first kappa shape index (κ1) is 9.08. The lowest BCUT2D eigenvalue weighted by Crippen LogP contribution is -2.19. The molecule has 11 heavy (non-hydrogen) atoms. The Morgan fingerprint density at radius 1 is 1.55 bits per heavy atom. The summed E-state index contributed by atoms with van der Waals surface area (Å²) < 4.78 is 10.7. The number of ether oxygens (including phenoxy) is 2. The number of hydrogen-bond acceptors (Lipinski definition) is 2. The van der Waals surface area contributed by atoms with E-state index in [-0.39, 0.29) is 0 Å². The van der Waals surface area contributed by atoms with Gasteiger partial charge in [0.05, 0.1) is 12.7 Å². The van der Waals surface area contributed by atoms with Crippen LogP contribution >= 0.6 is 0 Å². The molecule has 1 saturated heterocycles. The average molecular weight is 155 g/mol. The van der Waals surface area contributed by atoms with E-state index in [1.807, 2.05) is 0 Å². The number of methoxy groups -OCH3 is 1. The van der Waals surface area contributed by atoms with Crippen molar-refractivity contribution in [1.82, 2.24) is 0 Å². The van der Waals surface area contributed by atoms with Gasteiger partial charge in [-0.15, -0.1) is 0 Å². The van der Waals surface area contributed by atoms with Crippen molar-refractivity contribution in [1.29, 1.82) is 0 Å². The third-order valence-corrected chi connectivity index (χ3v) is 1.99. The summed E-state index contributed by atoms with van der Waals surface area (Å²) in [4.78, 5) is 0. The molecule has 0 spiro atoms. The van der Waals surface area contributed by atoms with Crippen molar-refractivity contribution in [2.45, 2.75) is 38.2 Å². The molecule has 2 unspecified atom stereocenters. The molecule has 2 nitrogen and oxygen atoms in total. The molecule has 1 aliphatic heterocycles. The van der Waals surface area contributed by atoms with Crippen LogP contribution in [-0.2, 0) is 9.47 Å². The first-order valence-electron chi connectivity index (χ1n) is 4.34. The fraction of sp³-hybridized carbons (Fsp3) is 1.00. The molecular weight excluding hydrogens is 139 g/mol. The quantitative estimate of drug-likeness (QED) is 0.569. The Bertz CT molecular complexity index is 96.3. The van der Waals surface area contributed by atoms with Crippen LogP contribution in [0.15, 0.2) is 0 Å². The van der Waals surface area contributed by atoms with E-state index in [0.717, 1.165) is 19.3 Å². The second-order valence-electron chi connectivity index (χ2n) is 2.97. The molecule has 63 valence electrons. The van der Waals surface area contributed by atoms with Crippen molar-refractivity contribution >= 4 is 7.28 Å². The highest BCUT2D eigenvalue weighted by Crippen LogP contribution is 2.19. The summed E-state index contributed by atoms with van der Waals surface area (Å²) in [6.45, 7) is 2.89. The highest BCUT2D eigenvalue weighted by Gasteiger charge is 2.24. The lowest BCUT2D eigenvalue weighted by Gasteiger charge is -2.10. The Balaban J connectivity index is 2.12. The minimum absolute atomic E-state index is 0.341. The van der Waals surface area contributed by atoms with E-state index in [1.165, 1.54) is 6.42 Å². The van der Waals surface area contributed by atoms with Crippen molar-refractivity contribution in [2.24, 2.45) is 0 Å². The Morgan fingerprint density at radius 2 is 2.36 bits per heavy atom. The van der Waals surface area contributed by atoms with Crippen molar-refractivity contribution in [2.75, 3.05) is 13.7 Å². The third kappa shape index (κ3) is 2.84. The minimum Gasteiger partial charge on any atom is -0.382 e. The van der Waals surface area contributed by atoms with Gasteiger partial charge in [0.15, 0.2) is 0 Å². The molecule has 1 heterocycles. The molecule has 2 atom stereocenters. The predicted molar refractivity (Wildman–Crippen MR) is 46.0 cm³/mol. The Hall–Kier alpha value is -0.0151. The van der Waals surface area contributed by atoms with E-state index in [0.29, 0.717) is 12.1 Å². The average Bonchev–Trinajstić information content (AvgIpc) is 2.38. The third-order valence-electron chi connectivity index (χ3n) is 1.99. The highest BCUT2D eigenvalue weighted by atomic mass is 16.5. The van der Waals surface area contributed by atoms with Gasteiger partial charge in [0.2, 0.25) is 0 Å². The predicted octanol–water partition coefficient (Wildman–Crippen LogP) is 1.28. The zero-order valence-corrected chi connectivity index (χ0v) is 7.38. The first-order valence-corrected chi connectivity index (χ1v) is 4.34. The number of rotatable bonds is 4. The van der Waals surface area contributed by atoms with Crippen LogP contribution in [-0.4, -0.2) is 33.1 Å². The van der Waals surface area contributed by atoms with Crippen molar-refractivity contribution in [3.8, 4) is 0 Å². The topological polar surface area (TPSA) is 18.5 Å². The van der Waals surface area contributed by atoms with E-state index in [2.05, 4.69) is 14.2 Å². The molecule has 0 aromatic heterocycles. The van der Waals surface area contributed by atoms with Crippen molar-refractivity contribution in [3.63, 3.8) is 0 Å². The molecule has 1 radical (unpaired) electrons. The molecule has 0 saturated carbocycles. The van der Waals surface area contributed by atoms with Crippen molar-refractivity contribution < 1.29 is 9.47 Å². The van der Waals surface area contributed by atoms with Gasteiger partial charge in [-0.05, 0) is 12.8 Å². The summed E-state index contributed by atoms with van der Waals surface area (Å²) in [6.07, 6.45) is 3.76. The van der Waals surface area contributed by atoms with E-state index >= 15 is 0 Å². The summed E-state index contributed by atoms with van der Waals surface area (Å²) in [6, 6.07) is 0.389. The van der Waals surface area contributed by atoms with Crippen LogP contribution in [0.3, 0.4) is 0 Å². The summed E-state index contributed by atoms with van der Waals surface area (Å²) in [5.74, 6) is 0. The molecule has 3 heteroatoms.